The minimum atomic E-state index is -0.335. The van der Waals surface area contributed by atoms with Gasteiger partial charge in [-0.15, -0.1) is 5.10 Å². The fourth-order valence-electron chi connectivity index (χ4n) is 2.11. The third-order valence-corrected chi connectivity index (χ3v) is 3.88. The first-order valence-electron chi connectivity index (χ1n) is 5.72. The average molecular weight is 269 g/mol. The molecule has 1 aromatic rings. The van der Waals surface area contributed by atoms with Crippen LogP contribution in [-0.2, 0) is 0 Å². The molecule has 2 rings (SSSR count). The van der Waals surface area contributed by atoms with Gasteiger partial charge in [-0.25, -0.2) is 0 Å². The summed E-state index contributed by atoms with van der Waals surface area (Å²) in [6.07, 6.45) is 2.60. The molecule has 1 saturated heterocycles. The van der Waals surface area contributed by atoms with Crippen molar-refractivity contribution in [3.05, 3.63) is 10.6 Å². The van der Waals surface area contributed by atoms with Crippen molar-refractivity contribution >= 4 is 23.3 Å². The molecular formula is C10H15N5O2S. The van der Waals surface area contributed by atoms with Gasteiger partial charge in [0.2, 0.25) is 0 Å². The maximum atomic E-state index is 12.4. The van der Waals surface area contributed by atoms with Crippen LogP contribution in [0, 0.1) is 6.92 Å². The van der Waals surface area contributed by atoms with Crippen molar-refractivity contribution in [1.82, 2.24) is 14.5 Å². The number of hydrogen-bond acceptors (Lipinski definition) is 6. The van der Waals surface area contributed by atoms with E-state index in [0.29, 0.717) is 23.5 Å². The van der Waals surface area contributed by atoms with Crippen LogP contribution >= 0.6 is 11.5 Å². The summed E-state index contributed by atoms with van der Waals surface area (Å²) in [7, 11) is 0. The van der Waals surface area contributed by atoms with E-state index in [4.69, 9.17) is 10.9 Å². The quantitative estimate of drug-likeness (QED) is 0.354. The van der Waals surface area contributed by atoms with Gasteiger partial charge in [-0.1, -0.05) is 9.64 Å². The highest BCUT2D eigenvalue weighted by atomic mass is 32.1. The first-order chi connectivity index (χ1) is 8.65. The number of carbonyl (C=O) groups excluding carboxylic acids is 1. The van der Waals surface area contributed by atoms with Crippen LogP contribution in [0.3, 0.4) is 0 Å². The summed E-state index contributed by atoms with van der Waals surface area (Å²) < 4.78 is 3.76. The van der Waals surface area contributed by atoms with Gasteiger partial charge in [0.1, 0.15) is 4.88 Å². The standard InChI is InChI=1S/C10H15N5O2S/c1-6-8(18-14-12-6)10(16)15-5-3-2-4-7(15)9(11)13-17/h7,17H,2-5H2,1H3,(H2,11,13). The largest absolute Gasteiger partial charge is 0.409 e. The highest BCUT2D eigenvalue weighted by Crippen LogP contribution is 2.22. The number of likely N-dealkylation sites (tertiary alicyclic amines) is 1. The molecule has 98 valence electrons. The number of aromatic nitrogens is 2. The van der Waals surface area contributed by atoms with Crippen molar-refractivity contribution in [3.8, 4) is 0 Å². The third-order valence-electron chi connectivity index (χ3n) is 3.07. The van der Waals surface area contributed by atoms with Crippen LogP contribution in [0.1, 0.15) is 34.6 Å². The monoisotopic (exact) mass is 269 g/mol. The summed E-state index contributed by atoms with van der Waals surface area (Å²) in [5, 5.41) is 15.6. The van der Waals surface area contributed by atoms with Gasteiger partial charge in [-0.3, -0.25) is 4.79 Å². The van der Waals surface area contributed by atoms with Gasteiger partial charge >= 0.3 is 0 Å². The summed E-state index contributed by atoms with van der Waals surface area (Å²) in [6.45, 7) is 2.36. The Bertz CT molecular complexity index is 473. The molecule has 1 fully saturated rings. The van der Waals surface area contributed by atoms with Crippen LogP contribution in [0.25, 0.3) is 0 Å². The molecule has 1 aliphatic heterocycles. The van der Waals surface area contributed by atoms with Crippen LogP contribution in [0.2, 0.25) is 0 Å². The van der Waals surface area contributed by atoms with E-state index in [2.05, 4.69) is 14.7 Å². The van der Waals surface area contributed by atoms with E-state index in [1.165, 1.54) is 0 Å². The van der Waals surface area contributed by atoms with Gasteiger partial charge in [0.15, 0.2) is 5.84 Å². The van der Waals surface area contributed by atoms with Gasteiger partial charge in [-0.05, 0) is 37.7 Å². The lowest BCUT2D eigenvalue weighted by Gasteiger charge is -2.34. The maximum absolute atomic E-state index is 12.4. The first kappa shape index (κ1) is 12.7. The Hall–Kier alpha value is -1.70. The fourth-order valence-corrected chi connectivity index (χ4v) is 2.72. The molecule has 1 atom stereocenters. The molecule has 1 aliphatic rings. The Morgan fingerprint density at radius 2 is 2.39 bits per heavy atom. The zero-order chi connectivity index (χ0) is 13.1. The van der Waals surface area contributed by atoms with Crippen molar-refractivity contribution < 1.29 is 10.0 Å². The van der Waals surface area contributed by atoms with Crippen LogP contribution in [0.15, 0.2) is 5.16 Å². The SMILES string of the molecule is Cc1nnsc1C(=O)N1CCCCC1C(N)=NO. The molecule has 18 heavy (non-hydrogen) atoms. The molecule has 7 nitrogen and oxygen atoms in total. The molecule has 1 unspecified atom stereocenters. The zero-order valence-corrected chi connectivity index (χ0v) is 10.9. The van der Waals surface area contributed by atoms with E-state index in [0.717, 1.165) is 24.4 Å². The van der Waals surface area contributed by atoms with Gasteiger partial charge in [0.05, 0.1) is 11.7 Å². The number of nitrogens with two attached hydrogens (primary N) is 1. The predicted octanol–water partition coefficient (Wildman–Crippen LogP) is 0.588. The molecule has 0 aromatic carbocycles. The van der Waals surface area contributed by atoms with Crippen molar-refractivity contribution in [1.29, 1.82) is 0 Å². The number of piperidine rings is 1. The van der Waals surface area contributed by atoms with E-state index in [9.17, 15) is 4.79 Å². The summed E-state index contributed by atoms with van der Waals surface area (Å²) in [4.78, 5) is 14.5. The van der Waals surface area contributed by atoms with E-state index < -0.39 is 0 Å². The molecule has 1 aromatic heterocycles. The number of aryl methyl sites for hydroxylation is 1. The van der Waals surface area contributed by atoms with Crippen LogP contribution in [0.4, 0.5) is 0 Å². The lowest BCUT2D eigenvalue weighted by Crippen LogP contribution is -2.50. The summed E-state index contributed by atoms with van der Waals surface area (Å²) in [5.74, 6) is -0.0584. The van der Waals surface area contributed by atoms with Crippen molar-refractivity contribution in [2.45, 2.75) is 32.2 Å². The van der Waals surface area contributed by atoms with Crippen LogP contribution in [-0.4, -0.2) is 44.0 Å². The Morgan fingerprint density at radius 1 is 1.61 bits per heavy atom. The highest BCUT2D eigenvalue weighted by Gasteiger charge is 2.32. The van der Waals surface area contributed by atoms with E-state index in [1.54, 1.807) is 11.8 Å². The minimum absolute atomic E-state index is 0.0816. The van der Waals surface area contributed by atoms with E-state index in [1.807, 2.05) is 0 Å². The van der Waals surface area contributed by atoms with Gasteiger partial charge in [0, 0.05) is 6.54 Å². The molecule has 2 heterocycles. The molecule has 3 N–H and O–H groups in total. The average Bonchev–Trinajstić information content (AvgIpc) is 2.83. The van der Waals surface area contributed by atoms with E-state index >= 15 is 0 Å². The zero-order valence-electron chi connectivity index (χ0n) is 10.0. The summed E-state index contributed by atoms with van der Waals surface area (Å²) in [5.41, 5.74) is 6.26. The summed E-state index contributed by atoms with van der Waals surface area (Å²) >= 11 is 1.08. The maximum Gasteiger partial charge on any atom is 0.268 e. The van der Waals surface area contributed by atoms with E-state index in [-0.39, 0.29) is 17.8 Å². The Labute approximate surface area is 108 Å². The second-order valence-electron chi connectivity index (χ2n) is 4.22. The Balaban J connectivity index is 2.24. The van der Waals surface area contributed by atoms with Crippen molar-refractivity contribution in [3.63, 3.8) is 0 Å². The third kappa shape index (κ3) is 2.28. The second-order valence-corrected chi connectivity index (χ2v) is 4.98. The molecular weight excluding hydrogens is 254 g/mol. The summed E-state index contributed by atoms with van der Waals surface area (Å²) in [6, 6.07) is -0.335. The van der Waals surface area contributed by atoms with Crippen molar-refractivity contribution in [2.75, 3.05) is 6.54 Å². The molecule has 0 radical (unpaired) electrons. The van der Waals surface area contributed by atoms with Crippen molar-refractivity contribution in [2.24, 2.45) is 10.9 Å². The first-order valence-corrected chi connectivity index (χ1v) is 6.50. The second kappa shape index (κ2) is 5.30. The predicted molar refractivity (Wildman–Crippen MR) is 66.7 cm³/mol. The molecule has 0 aliphatic carbocycles. The molecule has 8 heteroatoms. The van der Waals surface area contributed by atoms with Crippen LogP contribution < -0.4 is 5.73 Å². The lowest BCUT2D eigenvalue weighted by molar-refractivity contribution is 0.0680. The number of rotatable bonds is 2. The highest BCUT2D eigenvalue weighted by molar-refractivity contribution is 7.07. The topological polar surface area (TPSA) is 105 Å². The Morgan fingerprint density at radius 3 is 3.00 bits per heavy atom. The molecule has 0 bridgehead atoms. The number of amides is 1. The lowest BCUT2D eigenvalue weighted by atomic mass is 10.0. The van der Waals surface area contributed by atoms with Gasteiger partial charge in [0.25, 0.3) is 5.91 Å². The molecule has 1 amide bonds. The smallest absolute Gasteiger partial charge is 0.268 e. The number of amidine groups is 1. The Kier molecular flexibility index (Phi) is 3.75. The number of nitrogens with zero attached hydrogens (tertiary/aromatic N) is 4. The van der Waals surface area contributed by atoms with Crippen LogP contribution in [0.5, 0.6) is 0 Å². The number of oxime groups is 1. The number of carbonyl (C=O) groups is 1. The fraction of sp³-hybridized carbons (Fsp3) is 0.600. The molecule has 0 saturated carbocycles. The normalized spacial score (nSPS) is 21.1. The van der Waals surface area contributed by atoms with Gasteiger partial charge < -0.3 is 15.8 Å². The van der Waals surface area contributed by atoms with Gasteiger partial charge in [-0.2, -0.15) is 0 Å². The minimum Gasteiger partial charge on any atom is -0.409 e. The number of hydrogen-bond donors (Lipinski definition) is 2. The molecule has 0 spiro atoms.